The number of hydrazine groups is 1. The topological polar surface area (TPSA) is 55.6 Å². The number of hydrogen-bond donors (Lipinski definition) is 1. The van der Waals surface area contributed by atoms with Crippen LogP contribution in [0.1, 0.15) is 19.4 Å². The fourth-order valence-corrected chi connectivity index (χ4v) is 1.15. The minimum absolute atomic E-state index is 0.0885. The van der Waals surface area contributed by atoms with Crippen molar-refractivity contribution in [2.24, 2.45) is 11.8 Å². The summed E-state index contributed by atoms with van der Waals surface area (Å²) in [6, 6.07) is 7.57. The number of ether oxygens (including phenoxy) is 1. The zero-order chi connectivity index (χ0) is 12.1. The first-order chi connectivity index (χ1) is 7.50. The highest BCUT2D eigenvalue weighted by Gasteiger charge is 2.08. The summed E-state index contributed by atoms with van der Waals surface area (Å²) in [4.78, 5) is 11.2. The lowest BCUT2D eigenvalue weighted by Crippen LogP contribution is -2.24. The summed E-state index contributed by atoms with van der Waals surface area (Å²) in [6.07, 6.45) is 0. The molecule has 0 heterocycles. The van der Waals surface area contributed by atoms with Gasteiger partial charge in [-0.25, -0.2) is 5.84 Å². The van der Waals surface area contributed by atoms with Crippen molar-refractivity contribution in [2.75, 3.05) is 12.1 Å². The smallest absolute Gasteiger partial charge is 0.308 e. The number of nitrogens with two attached hydrogens (primary N) is 1. The minimum Gasteiger partial charge on any atom is -0.461 e. The summed E-state index contributed by atoms with van der Waals surface area (Å²) in [5, 5.41) is 1.53. The van der Waals surface area contributed by atoms with Gasteiger partial charge in [0.25, 0.3) is 0 Å². The maximum Gasteiger partial charge on any atom is 0.308 e. The Morgan fingerprint density at radius 1 is 1.38 bits per heavy atom. The van der Waals surface area contributed by atoms with Crippen LogP contribution in [0.5, 0.6) is 0 Å². The Kier molecular flexibility index (Phi) is 4.31. The summed E-state index contributed by atoms with van der Waals surface area (Å²) in [5.74, 6) is 5.30. The van der Waals surface area contributed by atoms with E-state index < -0.39 is 0 Å². The molecule has 0 bridgehead atoms. The number of carbonyl (C=O) groups is 1. The lowest BCUT2D eigenvalue weighted by molar-refractivity contribution is -0.148. The van der Waals surface area contributed by atoms with Gasteiger partial charge < -0.3 is 9.75 Å². The van der Waals surface area contributed by atoms with Crippen molar-refractivity contribution in [2.45, 2.75) is 20.5 Å². The molecule has 1 rings (SSSR count). The summed E-state index contributed by atoms with van der Waals surface area (Å²) < 4.78 is 5.11. The average Bonchev–Trinajstić information content (AvgIpc) is 2.26. The molecule has 0 spiro atoms. The van der Waals surface area contributed by atoms with Crippen LogP contribution in [0.2, 0.25) is 0 Å². The molecular weight excluding hydrogens is 204 g/mol. The lowest BCUT2D eigenvalue weighted by Gasteiger charge is -2.12. The second kappa shape index (κ2) is 5.51. The van der Waals surface area contributed by atoms with E-state index in [1.807, 2.05) is 38.1 Å². The van der Waals surface area contributed by atoms with Gasteiger partial charge in [-0.3, -0.25) is 4.79 Å². The fraction of sp³-hybridized carbons (Fsp3) is 0.417. The number of anilines is 1. The summed E-state index contributed by atoms with van der Waals surface area (Å²) in [6.45, 7) is 3.94. The fourth-order valence-electron chi connectivity index (χ4n) is 1.15. The minimum atomic E-state index is -0.181. The molecule has 0 saturated heterocycles. The lowest BCUT2D eigenvalue weighted by atomic mass is 10.2. The van der Waals surface area contributed by atoms with Gasteiger partial charge in [0.05, 0.1) is 11.6 Å². The number of benzene rings is 1. The third-order valence-electron chi connectivity index (χ3n) is 2.20. The Hall–Kier alpha value is -1.55. The van der Waals surface area contributed by atoms with Crippen molar-refractivity contribution in [3.63, 3.8) is 0 Å². The van der Waals surface area contributed by atoms with E-state index in [4.69, 9.17) is 10.6 Å². The standard InChI is InChI=1S/C12H18N2O2/c1-9(2)12(15)16-8-10-4-6-11(7-5-10)14(3)13/h4-7,9H,8,13H2,1-3H3. The van der Waals surface area contributed by atoms with Gasteiger partial charge in [-0.1, -0.05) is 26.0 Å². The number of rotatable bonds is 4. The number of nitrogens with zero attached hydrogens (tertiary/aromatic N) is 1. The van der Waals surface area contributed by atoms with E-state index in [-0.39, 0.29) is 11.9 Å². The molecule has 1 aromatic carbocycles. The van der Waals surface area contributed by atoms with Crippen LogP contribution in [0.15, 0.2) is 24.3 Å². The van der Waals surface area contributed by atoms with Crippen LogP contribution in [-0.2, 0) is 16.1 Å². The van der Waals surface area contributed by atoms with E-state index in [1.165, 1.54) is 5.01 Å². The van der Waals surface area contributed by atoms with Crippen molar-refractivity contribution < 1.29 is 9.53 Å². The van der Waals surface area contributed by atoms with Crippen LogP contribution < -0.4 is 10.9 Å². The van der Waals surface area contributed by atoms with Crippen LogP contribution in [0.3, 0.4) is 0 Å². The molecule has 88 valence electrons. The van der Waals surface area contributed by atoms with E-state index in [0.717, 1.165) is 11.3 Å². The highest BCUT2D eigenvalue weighted by molar-refractivity contribution is 5.71. The Morgan fingerprint density at radius 3 is 2.38 bits per heavy atom. The van der Waals surface area contributed by atoms with E-state index >= 15 is 0 Å². The van der Waals surface area contributed by atoms with E-state index in [2.05, 4.69) is 0 Å². The maximum atomic E-state index is 11.2. The molecule has 0 amide bonds. The molecule has 0 aliphatic rings. The number of carbonyl (C=O) groups excluding carboxylic acids is 1. The summed E-state index contributed by atoms with van der Waals surface area (Å²) in [5.41, 5.74) is 1.87. The second-order valence-electron chi connectivity index (χ2n) is 4.04. The van der Waals surface area contributed by atoms with Crippen molar-refractivity contribution >= 4 is 11.7 Å². The van der Waals surface area contributed by atoms with Gasteiger partial charge in [0.2, 0.25) is 0 Å². The van der Waals surface area contributed by atoms with Gasteiger partial charge in [0, 0.05) is 7.05 Å². The predicted octanol–water partition coefficient (Wildman–Crippen LogP) is 1.70. The van der Waals surface area contributed by atoms with Crippen LogP contribution in [-0.4, -0.2) is 13.0 Å². The zero-order valence-electron chi connectivity index (χ0n) is 9.93. The third kappa shape index (κ3) is 3.55. The predicted molar refractivity (Wildman–Crippen MR) is 63.7 cm³/mol. The zero-order valence-corrected chi connectivity index (χ0v) is 9.93. The molecule has 0 aromatic heterocycles. The van der Waals surface area contributed by atoms with Gasteiger partial charge in [-0.15, -0.1) is 0 Å². The molecule has 16 heavy (non-hydrogen) atoms. The highest BCUT2D eigenvalue weighted by atomic mass is 16.5. The molecule has 0 aliphatic heterocycles. The molecule has 0 unspecified atom stereocenters. The molecule has 0 fully saturated rings. The average molecular weight is 222 g/mol. The van der Waals surface area contributed by atoms with E-state index in [9.17, 15) is 4.79 Å². The van der Waals surface area contributed by atoms with Gasteiger partial charge in [0.1, 0.15) is 6.61 Å². The van der Waals surface area contributed by atoms with Gasteiger partial charge >= 0.3 is 5.97 Å². The Bertz CT molecular complexity index is 345. The van der Waals surface area contributed by atoms with Crippen molar-refractivity contribution in [3.05, 3.63) is 29.8 Å². The molecule has 4 nitrogen and oxygen atoms in total. The maximum absolute atomic E-state index is 11.2. The van der Waals surface area contributed by atoms with Crippen LogP contribution in [0.4, 0.5) is 5.69 Å². The number of hydrogen-bond acceptors (Lipinski definition) is 4. The largest absolute Gasteiger partial charge is 0.461 e. The quantitative estimate of drug-likeness (QED) is 0.478. The van der Waals surface area contributed by atoms with Crippen molar-refractivity contribution in [3.8, 4) is 0 Å². The normalized spacial score (nSPS) is 10.3. The molecular formula is C12H18N2O2. The van der Waals surface area contributed by atoms with Crippen LogP contribution in [0.25, 0.3) is 0 Å². The SMILES string of the molecule is CC(C)C(=O)OCc1ccc(N(C)N)cc1. The Morgan fingerprint density at radius 2 is 1.94 bits per heavy atom. The third-order valence-corrected chi connectivity index (χ3v) is 2.20. The molecule has 0 radical (unpaired) electrons. The second-order valence-corrected chi connectivity index (χ2v) is 4.04. The van der Waals surface area contributed by atoms with Gasteiger partial charge in [0.15, 0.2) is 0 Å². The molecule has 4 heteroatoms. The monoisotopic (exact) mass is 222 g/mol. The van der Waals surface area contributed by atoms with Gasteiger partial charge in [-0.05, 0) is 17.7 Å². The van der Waals surface area contributed by atoms with Crippen LogP contribution >= 0.6 is 0 Å². The molecule has 2 N–H and O–H groups in total. The number of esters is 1. The van der Waals surface area contributed by atoms with Gasteiger partial charge in [-0.2, -0.15) is 0 Å². The summed E-state index contributed by atoms with van der Waals surface area (Å²) >= 11 is 0. The Balaban J connectivity index is 2.53. The highest BCUT2D eigenvalue weighted by Crippen LogP contribution is 2.12. The molecule has 1 aromatic rings. The first-order valence-electron chi connectivity index (χ1n) is 5.24. The molecule has 0 aliphatic carbocycles. The summed E-state index contributed by atoms with van der Waals surface area (Å²) in [7, 11) is 1.77. The molecule has 0 atom stereocenters. The van der Waals surface area contributed by atoms with E-state index in [0.29, 0.717) is 6.61 Å². The van der Waals surface area contributed by atoms with Crippen molar-refractivity contribution in [1.29, 1.82) is 0 Å². The Labute approximate surface area is 96.0 Å². The first-order valence-corrected chi connectivity index (χ1v) is 5.24. The van der Waals surface area contributed by atoms with Crippen LogP contribution in [0, 0.1) is 5.92 Å². The van der Waals surface area contributed by atoms with Crippen molar-refractivity contribution in [1.82, 2.24) is 0 Å². The first kappa shape index (κ1) is 12.5. The van der Waals surface area contributed by atoms with E-state index in [1.54, 1.807) is 7.05 Å². The molecule has 0 saturated carbocycles.